The molecule has 0 bridgehead atoms. The average molecular weight is 321 g/mol. The van der Waals surface area contributed by atoms with Gasteiger partial charge in [-0.15, -0.1) is 0 Å². The van der Waals surface area contributed by atoms with Gasteiger partial charge in [0.15, 0.2) is 0 Å². The van der Waals surface area contributed by atoms with Gasteiger partial charge in [0.05, 0.1) is 13.2 Å². The highest BCUT2D eigenvalue weighted by Gasteiger charge is 2.07. The third-order valence-electron chi connectivity index (χ3n) is 3.85. The Kier molecular flexibility index (Phi) is 5.03. The maximum absolute atomic E-state index is 12.3. The zero-order valence-electron chi connectivity index (χ0n) is 13.2. The Balaban J connectivity index is 1.60. The number of aliphatic hydroxyl groups excluding tert-OH is 1. The lowest BCUT2D eigenvalue weighted by Gasteiger charge is -2.09. The molecule has 122 valence electrons. The van der Waals surface area contributed by atoms with Crippen LogP contribution in [0.25, 0.3) is 0 Å². The molecular formula is C19H19N3O2. The lowest BCUT2D eigenvalue weighted by atomic mass is 10.1. The first kappa shape index (κ1) is 16.0. The summed E-state index contributed by atoms with van der Waals surface area (Å²) in [6, 6.07) is 16.9. The number of aromatic nitrogens is 2. The molecule has 3 aromatic rings. The molecule has 0 aliphatic heterocycles. The summed E-state index contributed by atoms with van der Waals surface area (Å²) in [5.74, 6) is -0.131. The van der Waals surface area contributed by atoms with Crippen LogP contribution >= 0.6 is 0 Å². The Labute approximate surface area is 140 Å². The summed E-state index contributed by atoms with van der Waals surface area (Å²) in [5, 5.41) is 16.4. The van der Waals surface area contributed by atoms with E-state index in [0.29, 0.717) is 18.7 Å². The number of carbonyl (C=O) groups is 1. The third-order valence-corrected chi connectivity index (χ3v) is 3.85. The minimum Gasteiger partial charge on any atom is -0.392 e. The molecule has 0 fully saturated rings. The van der Waals surface area contributed by atoms with Gasteiger partial charge >= 0.3 is 0 Å². The van der Waals surface area contributed by atoms with Crippen molar-refractivity contribution in [3.05, 3.63) is 89.2 Å². The van der Waals surface area contributed by atoms with Crippen LogP contribution in [-0.4, -0.2) is 20.8 Å². The first-order valence-corrected chi connectivity index (χ1v) is 7.78. The number of aliphatic hydroxyl groups is 1. The molecule has 0 saturated heterocycles. The van der Waals surface area contributed by atoms with Crippen molar-refractivity contribution in [2.75, 3.05) is 0 Å². The fraction of sp³-hybridized carbons (Fsp3) is 0.158. The van der Waals surface area contributed by atoms with Gasteiger partial charge < -0.3 is 10.4 Å². The summed E-state index contributed by atoms with van der Waals surface area (Å²) in [4.78, 5) is 12.3. The molecule has 3 rings (SSSR count). The quantitative estimate of drug-likeness (QED) is 0.732. The van der Waals surface area contributed by atoms with Gasteiger partial charge in [0.25, 0.3) is 5.91 Å². The van der Waals surface area contributed by atoms with Gasteiger partial charge in [0, 0.05) is 24.5 Å². The van der Waals surface area contributed by atoms with Crippen LogP contribution in [0.2, 0.25) is 0 Å². The molecule has 0 unspecified atom stereocenters. The first-order valence-electron chi connectivity index (χ1n) is 7.78. The highest BCUT2D eigenvalue weighted by molar-refractivity contribution is 5.94. The van der Waals surface area contributed by atoms with E-state index in [-0.39, 0.29) is 12.5 Å². The molecule has 0 saturated carbocycles. The molecule has 5 heteroatoms. The average Bonchev–Trinajstić information content (AvgIpc) is 3.13. The summed E-state index contributed by atoms with van der Waals surface area (Å²) in [7, 11) is 0. The number of nitrogens with zero attached hydrogens (tertiary/aromatic N) is 2. The van der Waals surface area contributed by atoms with Gasteiger partial charge in [0.1, 0.15) is 0 Å². The molecule has 1 amide bonds. The van der Waals surface area contributed by atoms with Crippen LogP contribution in [0.4, 0.5) is 0 Å². The first-order chi connectivity index (χ1) is 11.8. The largest absolute Gasteiger partial charge is 0.392 e. The number of hydrogen-bond donors (Lipinski definition) is 2. The van der Waals surface area contributed by atoms with E-state index in [9.17, 15) is 9.90 Å². The lowest BCUT2D eigenvalue weighted by molar-refractivity contribution is 0.0950. The number of hydrogen-bond acceptors (Lipinski definition) is 3. The van der Waals surface area contributed by atoms with Crippen LogP contribution in [-0.2, 0) is 19.7 Å². The second-order valence-corrected chi connectivity index (χ2v) is 5.51. The van der Waals surface area contributed by atoms with Crippen LogP contribution in [0.3, 0.4) is 0 Å². The fourth-order valence-electron chi connectivity index (χ4n) is 2.50. The van der Waals surface area contributed by atoms with Gasteiger partial charge in [-0.1, -0.05) is 36.4 Å². The molecule has 0 aliphatic rings. The number of benzene rings is 2. The van der Waals surface area contributed by atoms with Crippen LogP contribution in [0.5, 0.6) is 0 Å². The molecule has 2 aromatic carbocycles. The van der Waals surface area contributed by atoms with Crippen molar-refractivity contribution in [1.29, 1.82) is 0 Å². The van der Waals surface area contributed by atoms with Gasteiger partial charge in [-0.2, -0.15) is 5.10 Å². The molecule has 0 atom stereocenters. The molecule has 2 N–H and O–H groups in total. The van der Waals surface area contributed by atoms with Crippen molar-refractivity contribution in [3.63, 3.8) is 0 Å². The fourth-order valence-corrected chi connectivity index (χ4v) is 2.50. The van der Waals surface area contributed by atoms with Crippen molar-refractivity contribution < 1.29 is 9.90 Å². The van der Waals surface area contributed by atoms with Gasteiger partial charge in [-0.3, -0.25) is 9.48 Å². The van der Waals surface area contributed by atoms with Crippen molar-refractivity contribution >= 4 is 5.91 Å². The summed E-state index contributed by atoms with van der Waals surface area (Å²) < 4.78 is 1.83. The van der Waals surface area contributed by atoms with E-state index < -0.39 is 0 Å². The van der Waals surface area contributed by atoms with Gasteiger partial charge in [0.2, 0.25) is 0 Å². The molecule has 1 aromatic heterocycles. The maximum Gasteiger partial charge on any atom is 0.251 e. The third kappa shape index (κ3) is 3.88. The zero-order chi connectivity index (χ0) is 16.8. The van der Waals surface area contributed by atoms with Crippen LogP contribution < -0.4 is 5.32 Å². The Morgan fingerprint density at radius 1 is 1.04 bits per heavy atom. The monoisotopic (exact) mass is 321 g/mol. The minimum atomic E-state index is -0.131. The Morgan fingerprint density at radius 2 is 1.79 bits per heavy atom. The molecule has 1 heterocycles. The number of nitrogens with one attached hydrogen (secondary N) is 1. The van der Waals surface area contributed by atoms with Crippen LogP contribution in [0, 0.1) is 0 Å². The predicted octanol–water partition coefficient (Wildman–Crippen LogP) is 2.35. The van der Waals surface area contributed by atoms with E-state index in [1.165, 1.54) is 0 Å². The Morgan fingerprint density at radius 3 is 2.46 bits per heavy atom. The molecule has 0 aliphatic carbocycles. The lowest BCUT2D eigenvalue weighted by Crippen LogP contribution is -2.23. The molecule has 0 radical (unpaired) electrons. The van der Waals surface area contributed by atoms with E-state index >= 15 is 0 Å². The molecule has 5 nitrogen and oxygen atoms in total. The predicted molar refractivity (Wildman–Crippen MR) is 91.3 cm³/mol. The van der Waals surface area contributed by atoms with Crippen molar-refractivity contribution in [2.24, 2.45) is 0 Å². The van der Waals surface area contributed by atoms with Crippen LogP contribution in [0.1, 0.15) is 27.0 Å². The second kappa shape index (κ2) is 7.57. The highest BCUT2D eigenvalue weighted by atomic mass is 16.3. The minimum absolute atomic E-state index is 0.0336. The topological polar surface area (TPSA) is 67.2 Å². The Hall–Kier alpha value is -2.92. The van der Waals surface area contributed by atoms with E-state index in [0.717, 1.165) is 16.7 Å². The van der Waals surface area contributed by atoms with Crippen molar-refractivity contribution in [2.45, 2.75) is 19.7 Å². The summed E-state index contributed by atoms with van der Waals surface area (Å²) in [6.45, 7) is 1.04. The van der Waals surface area contributed by atoms with Crippen molar-refractivity contribution in [3.8, 4) is 0 Å². The second-order valence-electron chi connectivity index (χ2n) is 5.51. The SMILES string of the molecule is O=C(NCc1ccccc1CO)c1ccc(Cn2cccn2)cc1. The highest BCUT2D eigenvalue weighted by Crippen LogP contribution is 2.10. The standard InChI is InChI=1S/C19H19N3O2/c23-14-18-5-2-1-4-17(18)12-20-19(24)16-8-6-15(7-9-16)13-22-11-3-10-21-22/h1-11,23H,12-14H2,(H,20,24). The van der Waals surface area contributed by atoms with E-state index in [4.69, 9.17) is 0 Å². The van der Waals surface area contributed by atoms with Gasteiger partial charge in [-0.05, 0) is 34.9 Å². The summed E-state index contributed by atoms with van der Waals surface area (Å²) >= 11 is 0. The van der Waals surface area contributed by atoms with Crippen molar-refractivity contribution in [1.82, 2.24) is 15.1 Å². The zero-order valence-corrected chi connectivity index (χ0v) is 13.2. The summed E-state index contributed by atoms with van der Waals surface area (Å²) in [5.41, 5.74) is 3.44. The number of amides is 1. The normalized spacial score (nSPS) is 10.5. The maximum atomic E-state index is 12.3. The molecular weight excluding hydrogens is 302 g/mol. The van der Waals surface area contributed by atoms with E-state index in [1.807, 2.05) is 65.5 Å². The molecule has 0 spiro atoms. The van der Waals surface area contributed by atoms with E-state index in [2.05, 4.69) is 10.4 Å². The van der Waals surface area contributed by atoms with Gasteiger partial charge in [-0.25, -0.2) is 0 Å². The van der Waals surface area contributed by atoms with Crippen LogP contribution in [0.15, 0.2) is 67.0 Å². The summed E-state index contributed by atoms with van der Waals surface area (Å²) in [6.07, 6.45) is 3.64. The smallest absolute Gasteiger partial charge is 0.251 e. The number of carbonyl (C=O) groups excluding carboxylic acids is 1. The Bertz CT molecular complexity index is 796. The van der Waals surface area contributed by atoms with E-state index in [1.54, 1.807) is 6.20 Å². The molecule has 24 heavy (non-hydrogen) atoms. The number of rotatable bonds is 6.